The summed E-state index contributed by atoms with van der Waals surface area (Å²) >= 11 is 0. The van der Waals surface area contributed by atoms with Gasteiger partial charge in [0.2, 0.25) is 11.8 Å². The molecule has 0 fully saturated rings. The summed E-state index contributed by atoms with van der Waals surface area (Å²) < 4.78 is 31.7. The second kappa shape index (κ2) is 9.15. The van der Waals surface area contributed by atoms with E-state index in [-0.39, 0.29) is 24.1 Å². The molecule has 4 rings (SSSR count). The molecule has 1 aliphatic heterocycles. The van der Waals surface area contributed by atoms with Gasteiger partial charge in [-0.3, -0.25) is 14.4 Å². The summed E-state index contributed by atoms with van der Waals surface area (Å²) in [7, 11) is 1.51. The predicted octanol–water partition coefficient (Wildman–Crippen LogP) is 3.29. The number of rotatable bonds is 6. The Kier molecular flexibility index (Phi) is 6.12. The van der Waals surface area contributed by atoms with Gasteiger partial charge in [-0.25, -0.2) is 13.8 Å². The zero-order chi connectivity index (χ0) is 23.5. The highest BCUT2D eigenvalue weighted by atomic mass is 19.2. The third kappa shape index (κ3) is 4.72. The first-order valence-electron chi connectivity index (χ1n) is 10.1. The predicted molar refractivity (Wildman–Crippen MR) is 115 cm³/mol. The van der Waals surface area contributed by atoms with Crippen molar-refractivity contribution >= 4 is 23.3 Å². The lowest BCUT2D eigenvalue weighted by molar-refractivity contribution is -0.118. The minimum atomic E-state index is -1.12. The number of Topliss-reactive ketones (excluding diaryl/α,β-unsaturated/α-hetero) is 1. The number of fused-ring (bicyclic) bond motifs is 1. The van der Waals surface area contributed by atoms with Crippen LogP contribution in [0.15, 0.2) is 54.7 Å². The van der Waals surface area contributed by atoms with Crippen LogP contribution in [0.25, 0.3) is 0 Å². The van der Waals surface area contributed by atoms with Crippen molar-refractivity contribution in [3.05, 3.63) is 88.6 Å². The van der Waals surface area contributed by atoms with Gasteiger partial charge < -0.3 is 15.4 Å². The molecule has 7 nitrogen and oxygen atoms in total. The normalized spacial score (nSPS) is 14.9. The molecule has 9 heteroatoms. The first-order chi connectivity index (χ1) is 15.9. The molecule has 168 valence electrons. The first kappa shape index (κ1) is 22.1. The number of carbonyl (C=O) groups excluding carboxylic acids is 3. The van der Waals surface area contributed by atoms with Crippen LogP contribution in [0, 0.1) is 17.6 Å². The second-order valence-corrected chi connectivity index (χ2v) is 7.51. The van der Waals surface area contributed by atoms with E-state index >= 15 is 0 Å². The number of ketones is 1. The third-order valence-electron chi connectivity index (χ3n) is 5.32. The molecule has 1 atom stereocenters. The van der Waals surface area contributed by atoms with Gasteiger partial charge in [-0.2, -0.15) is 0 Å². The number of anilines is 1. The molecule has 1 unspecified atom stereocenters. The van der Waals surface area contributed by atoms with E-state index in [1.165, 1.54) is 31.4 Å². The fraction of sp³-hybridized carbons (Fsp3) is 0.167. The number of hydrogen-bond acceptors (Lipinski definition) is 5. The van der Waals surface area contributed by atoms with E-state index in [9.17, 15) is 23.2 Å². The van der Waals surface area contributed by atoms with Crippen LogP contribution < -0.4 is 15.4 Å². The van der Waals surface area contributed by atoms with Crippen LogP contribution in [0.1, 0.15) is 31.8 Å². The maximum atomic E-state index is 13.5. The topological polar surface area (TPSA) is 97.4 Å². The van der Waals surface area contributed by atoms with E-state index in [1.807, 2.05) is 0 Å². The summed E-state index contributed by atoms with van der Waals surface area (Å²) in [4.78, 5) is 42.2. The highest BCUT2D eigenvalue weighted by Gasteiger charge is 2.35. The molecular weight excluding hydrogens is 432 g/mol. The van der Waals surface area contributed by atoms with Crippen molar-refractivity contribution in [2.24, 2.45) is 5.92 Å². The van der Waals surface area contributed by atoms with Gasteiger partial charge in [0.15, 0.2) is 17.4 Å². The number of nitrogens with one attached hydrogen (secondary N) is 2. The molecule has 0 bridgehead atoms. The lowest BCUT2D eigenvalue weighted by atomic mass is 9.86. The smallest absolute Gasteiger partial charge is 0.251 e. The maximum absolute atomic E-state index is 13.5. The number of methoxy groups -OCH3 is 1. The Balaban J connectivity index is 1.49. The number of aromatic nitrogens is 1. The Hall–Kier alpha value is -4.14. The van der Waals surface area contributed by atoms with Gasteiger partial charge in [0.05, 0.1) is 12.8 Å². The Morgan fingerprint density at radius 2 is 1.85 bits per heavy atom. The molecular formula is C24H19F2N3O4. The number of benzene rings is 2. The molecule has 1 aliphatic rings. The van der Waals surface area contributed by atoms with Crippen LogP contribution in [-0.2, 0) is 17.8 Å². The summed E-state index contributed by atoms with van der Waals surface area (Å²) in [6.45, 7) is 0.219. The lowest BCUT2D eigenvalue weighted by Crippen LogP contribution is -2.37. The number of nitrogens with zero attached hydrogens (tertiary/aromatic N) is 1. The van der Waals surface area contributed by atoms with Crippen LogP contribution in [-0.4, -0.2) is 29.7 Å². The minimum absolute atomic E-state index is 0.0950. The summed E-state index contributed by atoms with van der Waals surface area (Å²) in [5, 5.41) is 5.39. The highest BCUT2D eigenvalue weighted by molar-refractivity contribution is 6.21. The van der Waals surface area contributed by atoms with Crippen molar-refractivity contribution in [2.75, 3.05) is 12.4 Å². The molecule has 0 saturated heterocycles. The quantitative estimate of drug-likeness (QED) is 0.561. The number of pyridine rings is 1. The molecule has 0 spiro atoms. The van der Waals surface area contributed by atoms with Crippen molar-refractivity contribution in [3.8, 4) is 5.88 Å². The third-order valence-corrected chi connectivity index (χ3v) is 5.32. The van der Waals surface area contributed by atoms with Gasteiger partial charge in [-0.05, 0) is 47.9 Å². The van der Waals surface area contributed by atoms with E-state index < -0.39 is 35.1 Å². The molecule has 0 radical (unpaired) electrons. The molecule has 3 aromatic rings. The molecule has 2 N–H and O–H groups in total. The van der Waals surface area contributed by atoms with Crippen LogP contribution in [0.5, 0.6) is 5.88 Å². The second-order valence-electron chi connectivity index (χ2n) is 7.51. The number of halogens is 2. The van der Waals surface area contributed by atoms with Crippen LogP contribution >= 0.6 is 0 Å². The zero-order valence-corrected chi connectivity index (χ0v) is 17.5. The largest absolute Gasteiger partial charge is 0.481 e. The van der Waals surface area contributed by atoms with Crippen molar-refractivity contribution in [1.82, 2.24) is 10.3 Å². The number of hydrogen-bond donors (Lipinski definition) is 2. The molecule has 1 aromatic heterocycles. The van der Waals surface area contributed by atoms with Crippen molar-refractivity contribution in [1.29, 1.82) is 0 Å². The van der Waals surface area contributed by atoms with Gasteiger partial charge in [0, 0.05) is 29.9 Å². The maximum Gasteiger partial charge on any atom is 0.251 e. The van der Waals surface area contributed by atoms with E-state index in [4.69, 9.17) is 4.74 Å². The monoisotopic (exact) mass is 451 g/mol. The summed E-state index contributed by atoms with van der Waals surface area (Å²) in [5.41, 5.74) is 1.79. The van der Waals surface area contributed by atoms with E-state index in [0.29, 0.717) is 17.1 Å². The van der Waals surface area contributed by atoms with E-state index in [0.717, 1.165) is 17.7 Å². The SMILES string of the molecule is COc1ccc(CNC(=O)c2ccc3c(c2)C(=O)C(Cc2ccc(F)c(F)c2)C(=O)N3)cn1. The van der Waals surface area contributed by atoms with Gasteiger partial charge in [0.25, 0.3) is 5.91 Å². The Morgan fingerprint density at radius 3 is 2.55 bits per heavy atom. The molecule has 2 amide bonds. The molecule has 0 saturated carbocycles. The summed E-state index contributed by atoms with van der Waals surface area (Å²) in [5.74, 6) is -4.17. The molecule has 2 aromatic carbocycles. The fourth-order valence-electron chi connectivity index (χ4n) is 3.53. The number of amides is 2. The lowest BCUT2D eigenvalue weighted by Gasteiger charge is -2.24. The molecule has 2 heterocycles. The molecule has 33 heavy (non-hydrogen) atoms. The first-order valence-corrected chi connectivity index (χ1v) is 10.1. The van der Waals surface area contributed by atoms with Crippen LogP contribution in [0.2, 0.25) is 0 Å². The average Bonchev–Trinajstić information content (AvgIpc) is 2.82. The van der Waals surface area contributed by atoms with E-state index in [1.54, 1.807) is 18.3 Å². The van der Waals surface area contributed by atoms with Crippen LogP contribution in [0.4, 0.5) is 14.5 Å². The number of ether oxygens (including phenoxy) is 1. The van der Waals surface area contributed by atoms with Crippen molar-refractivity contribution in [3.63, 3.8) is 0 Å². The Bertz CT molecular complexity index is 1240. The molecule has 0 aliphatic carbocycles. The van der Waals surface area contributed by atoms with Crippen LogP contribution in [0.3, 0.4) is 0 Å². The summed E-state index contributed by atoms with van der Waals surface area (Å²) in [6, 6.07) is 11.1. The summed E-state index contributed by atoms with van der Waals surface area (Å²) in [6.07, 6.45) is 1.48. The van der Waals surface area contributed by atoms with E-state index in [2.05, 4.69) is 15.6 Å². The average molecular weight is 451 g/mol. The van der Waals surface area contributed by atoms with Crippen molar-refractivity contribution in [2.45, 2.75) is 13.0 Å². The minimum Gasteiger partial charge on any atom is -0.481 e. The van der Waals surface area contributed by atoms with Gasteiger partial charge in [0.1, 0.15) is 5.92 Å². The highest BCUT2D eigenvalue weighted by Crippen LogP contribution is 2.29. The van der Waals surface area contributed by atoms with Gasteiger partial charge >= 0.3 is 0 Å². The van der Waals surface area contributed by atoms with Crippen molar-refractivity contribution < 1.29 is 27.9 Å². The Morgan fingerprint density at radius 1 is 1.06 bits per heavy atom. The van der Waals surface area contributed by atoms with Gasteiger partial charge in [-0.1, -0.05) is 12.1 Å². The fourth-order valence-corrected chi connectivity index (χ4v) is 3.53. The standard InChI is InChI=1S/C24H19F2N3O4/c1-33-21-7-3-14(11-27-21)12-28-23(31)15-4-6-20-16(10-15)22(30)17(24(32)29-20)8-13-2-5-18(25)19(26)9-13/h2-7,9-11,17H,8,12H2,1H3,(H,28,31)(H,29,32). The Labute approximate surface area is 187 Å². The zero-order valence-electron chi connectivity index (χ0n) is 17.5. The number of carbonyl (C=O) groups is 3. The van der Waals surface area contributed by atoms with Gasteiger partial charge in [-0.15, -0.1) is 0 Å².